The average Bonchev–Trinajstić information content (AvgIpc) is 2.62. The van der Waals surface area contributed by atoms with Crippen LogP contribution in [0.2, 0.25) is 0 Å². The fraction of sp³-hybridized carbons (Fsp3) is 0.619. The molecule has 1 aromatic rings. The maximum atomic E-state index is 12.9. The number of likely N-dealkylation sites (tertiary alicyclic amines) is 1. The lowest BCUT2D eigenvalue weighted by molar-refractivity contribution is -0.162. The van der Waals surface area contributed by atoms with E-state index in [0.29, 0.717) is 25.3 Å². The van der Waals surface area contributed by atoms with E-state index in [1.54, 1.807) is 0 Å². The molecular formula is C21H32N2O4. The summed E-state index contributed by atoms with van der Waals surface area (Å²) >= 11 is 0. The number of rotatable bonds is 6. The molecule has 0 spiro atoms. The Kier molecular flexibility index (Phi) is 6.87. The van der Waals surface area contributed by atoms with E-state index in [0.717, 1.165) is 23.2 Å². The lowest BCUT2D eigenvalue weighted by Crippen LogP contribution is -2.58. The van der Waals surface area contributed by atoms with Gasteiger partial charge >= 0.3 is 12.0 Å². The number of benzene rings is 1. The summed E-state index contributed by atoms with van der Waals surface area (Å²) in [5.41, 5.74) is 1.51. The zero-order valence-electron chi connectivity index (χ0n) is 16.8. The zero-order chi connectivity index (χ0) is 20.2. The number of nitrogens with zero attached hydrogens (tertiary/aromatic N) is 1. The van der Waals surface area contributed by atoms with Gasteiger partial charge in [-0.15, -0.1) is 0 Å². The van der Waals surface area contributed by atoms with E-state index in [-0.39, 0.29) is 19.0 Å². The number of carbonyl (C=O) groups excluding carboxylic acids is 1. The number of hydrogen-bond acceptors (Lipinski definition) is 3. The van der Waals surface area contributed by atoms with Gasteiger partial charge in [0, 0.05) is 18.8 Å². The van der Waals surface area contributed by atoms with Crippen molar-refractivity contribution in [2.24, 2.45) is 11.3 Å². The van der Waals surface area contributed by atoms with E-state index in [4.69, 9.17) is 0 Å². The maximum Gasteiger partial charge on any atom is 0.321 e. The van der Waals surface area contributed by atoms with Crippen LogP contribution in [0.4, 0.5) is 10.5 Å². The lowest BCUT2D eigenvalue weighted by Gasteiger charge is -2.43. The van der Waals surface area contributed by atoms with Gasteiger partial charge in [-0.3, -0.25) is 4.79 Å². The van der Waals surface area contributed by atoms with E-state index in [1.165, 1.54) is 4.90 Å². The van der Waals surface area contributed by atoms with Gasteiger partial charge in [-0.2, -0.15) is 0 Å². The van der Waals surface area contributed by atoms with E-state index in [9.17, 15) is 19.8 Å². The van der Waals surface area contributed by atoms with Crippen LogP contribution in [-0.4, -0.2) is 46.3 Å². The molecule has 1 fully saturated rings. The number of carboxylic acids is 1. The summed E-state index contributed by atoms with van der Waals surface area (Å²) in [6.07, 6.45) is 1.17. The van der Waals surface area contributed by atoms with Crippen LogP contribution in [0.5, 0.6) is 0 Å². The Hall–Kier alpha value is -2.08. The quantitative estimate of drug-likeness (QED) is 0.707. The predicted octanol–water partition coefficient (Wildman–Crippen LogP) is 3.66. The monoisotopic (exact) mass is 376 g/mol. The number of carbonyl (C=O) groups is 2. The zero-order valence-corrected chi connectivity index (χ0v) is 16.8. The van der Waals surface area contributed by atoms with Crippen molar-refractivity contribution in [1.29, 1.82) is 0 Å². The Morgan fingerprint density at radius 3 is 2.67 bits per heavy atom. The minimum absolute atomic E-state index is 0.0232. The highest BCUT2D eigenvalue weighted by Gasteiger charge is 2.49. The van der Waals surface area contributed by atoms with Crippen molar-refractivity contribution < 1.29 is 19.8 Å². The van der Waals surface area contributed by atoms with Gasteiger partial charge in [-0.05, 0) is 49.7 Å². The number of carboxylic acid groups (broad SMARTS) is 1. The first kappa shape index (κ1) is 21.2. The summed E-state index contributed by atoms with van der Waals surface area (Å²) in [6, 6.07) is 5.58. The van der Waals surface area contributed by atoms with Crippen LogP contribution in [-0.2, 0) is 11.2 Å². The highest BCUT2D eigenvalue weighted by molar-refractivity contribution is 5.91. The molecule has 6 heteroatoms. The van der Waals surface area contributed by atoms with Crippen LogP contribution in [0.15, 0.2) is 18.2 Å². The van der Waals surface area contributed by atoms with Gasteiger partial charge in [0.25, 0.3) is 0 Å². The number of hydrogen-bond donors (Lipinski definition) is 3. The third kappa shape index (κ3) is 4.61. The minimum Gasteiger partial charge on any atom is -0.481 e. The molecule has 1 aliphatic rings. The van der Waals surface area contributed by atoms with Gasteiger partial charge in [0.15, 0.2) is 0 Å². The first-order valence-corrected chi connectivity index (χ1v) is 9.77. The van der Waals surface area contributed by atoms with Crippen molar-refractivity contribution in [1.82, 2.24) is 4.90 Å². The third-order valence-corrected chi connectivity index (χ3v) is 5.64. The van der Waals surface area contributed by atoms with Crippen molar-refractivity contribution in [2.75, 3.05) is 18.4 Å². The van der Waals surface area contributed by atoms with Crippen molar-refractivity contribution in [2.45, 2.75) is 59.5 Å². The van der Waals surface area contributed by atoms with E-state index in [1.807, 2.05) is 45.9 Å². The molecule has 1 aliphatic heterocycles. The molecule has 27 heavy (non-hydrogen) atoms. The highest BCUT2D eigenvalue weighted by Crippen LogP contribution is 2.37. The van der Waals surface area contributed by atoms with Crippen LogP contribution >= 0.6 is 0 Å². The second-order valence-electron chi connectivity index (χ2n) is 8.01. The van der Waals surface area contributed by atoms with Crippen LogP contribution in [0.3, 0.4) is 0 Å². The summed E-state index contributed by atoms with van der Waals surface area (Å²) in [7, 11) is 0. The molecule has 0 saturated carbocycles. The van der Waals surface area contributed by atoms with E-state index >= 15 is 0 Å². The number of amides is 2. The Morgan fingerprint density at radius 1 is 1.37 bits per heavy atom. The number of aliphatic hydroxyl groups excluding tert-OH is 1. The van der Waals surface area contributed by atoms with E-state index < -0.39 is 17.5 Å². The number of para-hydroxylation sites is 1. The molecule has 150 valence electrons. The Morgan fingerprint density at radius 2 is 2.07 bits per heavy atom. The molecule has 2 rings (SSSR count). The van der Waals surface area contributed by atoms with Gasteiger partial charge in [0.1, 0.15) is 5.41 Å². The molecule has 0 radical (unpaired) electrons. The normalized spacial score (nSPS) is 22.7. The third-order valence-electron chi connectivity index (χ3n) is 5.64. The molecular weight excluding hydrogens is 344 g/mol. The molecule has 0 unspecified atom stereocenters. The number of aliphatic carboxylic acids is 1. The Bertz CT molecular complexity index is 689. The Balaban J connectivity index is 2.21. The van der Waals surface area contributed by atoms with Crippen LogP contribution in [0, 0.1) is 18.3 Å². The number of nitrogens with one attached hydrogen (secondary N) is 1. The van der Waals surface area contributed by atoms with Crippen LogP contribution in [0.25, 0.3) is 0 Å². The number of aliphatic hydroxyl groups is 1. The van der Waals surface area contributed by atoms with Crippen molar-refractivity contribution in [3.63, 3.8) is 0 Å². The maximum absolute atomic E-state index is 12.9. The SMILES string of the molecule is CCc1cccc(C)c1NC(=O)N1CC[C@@H](O)[C@](CCC(C)C)(C(=O)O)C1. The molecule has 0 bridgehead atoms. The molecule has 2 amide bonds. The topological polar surface area (TPSA) is 89.9 Å². The number of piperidine rings is 1. The Labute approximate surface area is 161 Å². The number of urea groups is 1. The smallest absolute Gasteiger partial charge is 0.321 e. The molecule has 1 saturated heterocycles. The lowest BCUT2D eigenvalue weighted by atomic mass is 9.73. The summed E-state index contributed by atoms with van der Waals surface area (Å²) in [5, 5.41) is 23.3. The van der Waals surface area contributed by atoms with Gasteiger partial charge in [0.2, 0.25) is 0 Å². The molecule has 6 nitrogen and oxygen atoms in total. The second kappa shape index (κ2) is 8.74. The van der Waals surface area contributed by atoms with Crippen LogP contribution in [0.1, 0.15) is 51.2 Å². The predicted molar refractivity (Wildman–Crippen MR) is 106 cm³/mol. The van der Waals surface area contributed by atoms with Gasteiger partial charge < -0.3 is 20.4 Å². The molecule has 1 heterocycles. The minimum atomic E-state index is -1.31. The van der Waals surface area contributed by atoms with Crippen molar-refractivity contribution in [3.05, 3.63) is 29.3 Å². The number of anilines is 1. The van der Waals surface area contributed by atoms with Gasteiger partial charge in [-0.25, -0.2) is 4.79 Å². The first-order chi connectivity index (χ1) is 12.7. The van der Waals surface area contributed by atoms with Crippen molar-refractivity contribution in [3.8, 4) is 0 Å². The van der Waals surface area contributed by atoms with Gasteiger partial charge in [0.05, 0.1) is 6.10 Å². The summed E-state index contributed by atoms with van der Waals surface area (Å²) < 4.78 is 0. The van der Waals surface area contributed by atoms with Gasteiger partial charge in [-0.1, -0.05) is 39.0 Å². The fourth-order valence-corrected chi connectivity index (χ4v) is 3.75. The summed E-state index contributed by atoms with van der Waals surface area (Å²) in [6.45, 7) is 8.40. The van der Waals surface area contributed by atoms with E-state index in [2.05, 4.69) is 5.32 Å². The molecule has 0 aromatic heterocycles. The highest BCUT2D eigenvalue weighted by atomic mass is 16.4. The largest absolute Gasteiger partial charge is 0.481 e. The fourth-order valence-electron chi connectivity index (χ4n) is 3.75. The van der Waals surface area contributed by atoms with Crippen LogP contribution < -0.4 is 5.32 Å². The second-order valence-corrected chi connectivity index (χ2v) is 8.01. The summed E-state index contributed by atoms with van der Waals surface area (Å²) in [5.74, 6) is -0.699. The van der Waals surface area contributed by atoms with Crippen molar-refractivity contribution >= 4 is 17.7 Å². The molecule has 2 atom stereocenters. The average molecular weight is 376 g/mol. The standard InChI is InChI=1S/C21H32N2O4/c1-5-16-8-6-7-15(4)18(16)22-20(27)23-12-10-17(24)21(13-23,19(25)26)11-9-14(2)3/h6-8,14,17,24H,5,9-13H2,1-4H3,(H,22,27)(H,25,26)/t17-,21-/m1/s1. The molecule has 3 N–H and O–H groups in total. The molecule has 1 aromatic carbocycles. The first-order valence-electron chi connectivity index (χ1n) is 9.77. The molecule has 0 aliphatic carbocycles. The summed E-state index contributed by atoms with van der Waals surface area (Å²) in [4.78, 5) is 26.5. The number of aryl methyl sites for hydroxylation is 2.